The fraction of sp³-hybridized carbons (Fsp3) is 0.727. The van der Waals surface area contributed by atoms with Crippen molar-refractivity contribution in [3.05, 3.63) is 18.0 Å². The molecule has 4 heteroatoms. The highest BCUT2D eigenvalue weighted by molar-refractivity contribution is 4.99. The standard InChI is InChI=1S/C11H19N3O/c1-14-6-4-10(13-14)8-12-11(5-7-15)9-2-3-9/h4,6,9,11-12,15H,2-3,5,7-8H2,1H3. The van der Waals surface area contributed by atoms with Gasteiger partial charge in [-0.2, -0.15) is 5.10 Å². The second-order valence-corrected chi connectivity index (χ2v) is 4.32. The first kappa shape index (κ1) is 10.6. The molecule has 2 rings (SSSR count). The number of hydrogen-bond donors (Lipinski definition) is 2. The second kappa shape index (κ2) is 4.77. The Kier molecular flexibility index (Phi) is 3.38. The number of nitrogens with zero attached hydrogens (tertiary/aromatic N) is 2. The summed E-state index contributed by atoms with van der Waals surface area (Å²) in [7, 11) is 1.93. The van der Waals surface area contributed by atoms with Gasteiger partial charge in [-0.3, -0.25) is 4.68 Å². The zero-order valence-corrected chi connectivity index (χ0v) is 9.19. The molecule has 2 N–H and O–H groups in total. The van der Waals surface area contributed by atoms with Gasteiger partial charge < -0.3 is 10.4 Å². The third-order valence-corrected chi connectivity index (χ3v) is 2.95. The number of rotatable bonds is 6. The molecule has 4 nitrogen and oxygen atoms in total. The predicted octanol–water partition coefficient (Wildman–Crippen LogP) is 0.671. The quantitative estimate of drug-likeness (QED) is 0.724. The molecular formula is C11H19N3O. The van der Waals surface area contributed by atoms with Crippen LogP contribution in [0.3, 0.4) is 0 Å². The van der Waals surface area contributed by atoms with E-state index < -0.39 is 0 Å². The predicted molar refractivity (Wildman–Crippen MR) is 58.3 cm³/mol. The van der Waals surface area contributed by atoms with Crippen LogP contribution in [0.1, 0.15) is 25.0 Å². The van der Waals surface area contributed by atoms with E-state index in [1.165, 1.54) is 12.8 Å². The third-order valence-electron chi connectivity index (χ3n) is 2.95. The van der Waals surface area contributed by atoms with Gasteiger partial charge in [0.2, 0.25) is 0 Å². The van der Waals surface area contributed by atoms with Crippen LogP contribution in [0.5, 0.6) is 0 Å². The van der Waals surface area contributed by atoms with Crippen LogP contribution >= 0.6 is 0 Å². The van der Waals surface area contributed by atoms with Gasteiger partial charge in [-0.15, -0.1) is 0 Å². The topological polar surface area (TPSA) is 50.1 Å². The van der Waals surface area contributed by atoms with Crippen LogP contribution in [0.2, 0.25) is 0 Å². The molecule has 0 aromatic carbocycles. The van der Waals surface area contributed by atoms with Crippen LogP contribution in [0.4, 0.5) is 0 Å². The van der Waals surface area contributed by atoms with E-state index in [1.807, 2.05) is 24.0 Å². The summed E-state index contributed by atoms with van der Waals surface area (Å²) in [5, 5.41) is 16.7. The molecule has 0 spiro atoms. The average Bonchev–Trinajstić information content (AvgIpc) is 2.97. The smallest absolute Gasteiger partial charge is 0.0762 e. The molecular weight excluding hydrogens is 190 g/mol. The first-order chi connectivity index (χ1) is 7.29. The summed E-state index contributed by atoms with van der Waals surface area (Å²) in [6.45, 7) is 1.08. The maximum absolute atomic E-state index is 8.95. The third kappa shape index (κ3) is 3.04. The van der Waals surface area contributed by atoms with Crippen molar-refractivity contribution in [1.82, 2.24) is 15.1 Å². The average molecular weight is 209 g/mol. The van der Waals surface area contributed by atoms with E-state index in [4.69, 9.17) is 5.11 Å². The molecule has 0 bridgehead atoms. The van der Waals surface area contributed by atoms with Crippen LogP contribution in [-0.2, 0) is 13.6 Å². The van der Waals surface area contributed by atoms with Crippen molar-refractivity contribution in [2.45, 2.75) is 31.8 Å². The van der Waals surface area contributed by atoms with Gasteiger partial charge in [0.25, 0.3) is 0 Å². The first-order valence-electron chi connectivity index (χ1n) is 5.62. The lowest BCUT2D eigenvalue weighted by molar-refractivity contribution is 0.255. The molecule has 1 atom stereocenters. The highest BCUT2D eigenvalue weighted by Crippen LogP contribution is 2.33. The molecule has 1 unspecified atom stereocenters. The summed E-state index contributed by atoms with van der Waals surface area (Å²) in [6.07, 6.45) is 5.42. The summed E-state index contributed by atoms with van der Waals surface area (Å²) in [5.41, 5.74) is 1.07. The minimum absolute atomic E-state index is 0.274. The number of aliphatic hydroxyl groups is 1. The molecule has 1 aliphatic rings. The van der Waals surface area contributed by atoms with Crippen molar-refractivity contribution in [3.63, 3.8) is 0 Å². The zero-order chi connectivity index (χ0) is 10.7. The Labute approximate surface area is 90.3 Å². The van der Waals surface area contributed by atoms with Crippen LogP contribution in [0.25, 0.3) is 0 Å². The summed E-state index contributed by atoms with van der Waals surface area (Å²) in [4.78, 5) is 0. The van der Waals surface area contributed by atoms with Crippen molar-refractivity contribution in [3.8, 4) is 0 Å². The normalized spacial score (nSPS) is 18.0. The fourth-order valence-electron chi connectivity index (χ4n) is 1.94. The van der Waals surface area contributed by atoms with Crippen molar-refractivity contribution in [2.24, 2.45) is 13.0 Å². The fourth-order valence-corrected chi connectivity index (χ4v) is 1.94. The molecule has 84 valence electrons. The minimum Gasteiger partial charge on any atom is -0.396 e. The van der Waals surface area contributed by atoms with Crippen molar-refractivity contribution in [2.75, 3.05) is 6.61 Å². The molecule has 1 aromatic heterocycles. The van der Waals surface area contributed by atoms with Crippen molar-refractivity contribution in [1.29, 1.82) is 0 Å². The van der Waals surface area contributed by atoms with E-state index in [9.17, 15) is 0 Å². The summed E-state index contributed by atoms with van der Waals surface area (Å²) >= 11 is 0. The van der Waals surface area contributed by atoms with Gasteiger partial charge in [0.15, 0.2) is 0 Å². The van der Waals surface area contributed by atoms with Crippen molar-refractivity contribution >= 4 is 0 Å². The number of nitrogens with one attached hydrogen (secondary N) is 1. The van der Waals surface area contributed by atoms with E-state index in [0.717, 1.165) is 24.6 Å². The summed E-state index contributed by atoms with van der Waals surface area (Å²) in [5.74, 6) is 0.779. The lowest BCUT2D eigenvalue weighted by Gasteiger charge is -2.15. The highest BCUT2D eigenvalue weighted by Gasteiger charge is 2.30. The Bertz CT molecular complexity index is 307. The van der Waals surface area contributed by atoms with Crippen LogP contribution in [-0.4, -0.2) is 27.5 Å². The molecule has 1 saturated carbocycles. The second-order valence-electron chi connectivity index (χ2n) is 4.32. The Balaban J connectivity index is 1.79. The lowest BCUT2D eigenvalue weighted by Crippen LogP contribution is -2.31. The van der Waals surface area contributed by atoms with E-state index in [2.05, 4.69) is 10.4 Å². The van der Waals surface area contributed by atoms with Crippen molar-refractivity contribution < 1.29 is 5.11 Å². The monoisotopic (exact) mass is 209 g/mol. The Hall–Kier alpha value is -0.870. The van der Waals surface area contributed by atoms with Crippen LogP contribution < -0.4 is 5.32 Å². The van der Waals surface area contributed by atoms with Gasteiger partial charge in [0.1, 0.15) is 0 Å². The highest BCUT2D eigenvalue weighted by atomic mass is 16.3. The molecule has 1 fully saturated rings. The maximum Gasteiger partial charge on any atom is 0.0762 e. The lowest BCUT2D eigenvalue weighted by atomic mass is 10.1. The number of aliphatic hydroxyl groups excluding tert-OH is 1. The van der Waals surface area contributed by atoms with Gasteiger partial charge in [-0.1, -0.05) is 0 Å². The summed E-state index contributed by atoms with van der Waals surface area (Å²) < 4.78 is 1.81. The zero-order valence-electron chi connectivity index (χ0n) is 9.19. The van der Waals surface area contributed by atoms with Gasteiger partial charge in [0.05, 0.1) is 5.69 Å². The SMILES string of the molecule is Cn1ccc(CNC(CCO)C2CC2)n1. The first-order valence-corrected chi connectivity index (χ1v) is 5.62. The molecule has 1 aliphatic carbocycles. The Morgan fingerprint density at radius 1 is 1.67 bits per heavy atom. The number of aryl methyl sites for hydroxylation is 1. The molecule has 0 amide bonds. The van der Waals surface area contributed by atoms with Gasteiger partial charge in [0, 0.05) is 32.4 Å². The molecule has 1 heterocycles. The van der Waals surface area contributed by atoms with E-state index in [-0.39, 0.29) is 6.61 Å². The van der Waals surface area contributed by atoms with Gasteiger partial charge >= 0.3 is 0 Å². The van der Waals surface area contributed by atoms with Crippen LogP contribution in [0.15, 0.2) is 12.3 Å². The minimum atomic E-state index is 0.274. The maximum atomic E-state index is 8.95. The van der Waals surface area contributed by atoms with Crippen LogP contribution in [0, 0.1) is 5.92 Å². The number of aromatic nitrogens is 2. The Morgan fingerprint density at radius 2 is 2.47 bits per heavy atom. The molecule has 1 aromatic rings. The van der Waals surface area contributed by atoms with E-state index in [1.54, 1.807) is 0 Å². The van der Waals surface area contributed by atoms with E-state index in [0.29, 0.717) is 6.04 Å². The number of hydrogen-bond acceptors (Lipinski definition) is 3. The van der Waals surface area contributed by atoms with Gasteiger partial charge in [-0.05, 0) is 31.2 Å². The molecule has 0 radical (unpaired) electrons. The molecule has 0 aliphatic heterocycles. The summed E-state index contributed by atoms with van der Waals surface area (Å²) in [6, 6.07) is 2.49. The molecule has 0 saturated heterocycles. The van der Waals surface area contributed by atoms with E-state index >= 15 is 0 Å². The largest absolute Gasteiger partial charge is 0.396 e. The Morgan fingerprint density at radius 3 is 3.00 bits per heavy atom. The van der Waals surface area contributed by atoms with Gasteiger partial charge in [-0.25, -0.2) is 0 Å². The molecule has 15 heavy (non-hydrogen) atoms.